The van der Waals surface area contributed by atoms with Gasteiger partial charge in [-0.15, -0.1) is 0 Å². The summed E-state index contributed by atoms with van der Waals surface area (Å²) < 4.78 is 2.92. The van der Waals surface area contributed by atoms with Gasteiger partial charge in [0.15, 0.2) is 5.82 Å². The third-order valence-electron chi connectivity index (χ3n) is 3.27. The van der Waals surface area contributed by atoms with Crippen LogP contribution in [0.2, 0.25) is 0 Å². The molecule has 0 bridgehead atoms. The van der Waals surface area contributed by atoms with Gasteiger partial charge in [-0.3, -0.25) is 4.68 Å². The quantitative estimate of drug-likeness (QED) is 0.805. The molecule has 5 nitrogen and oxygen atoms in total. The van der Waals surface area contributed by atoms with Gasteiger partial charge in [0.2, 0.25) is 0 Å². The maximum Gasteiger partial charge on any atom is 0.165 e. The van der Waals surface area contributed by atoms with Crippen LogP contribution in [0.15, 0.2) is 6.20 Å². The Hall–Kier alpha value is -1.18. The van der Waals surface area contributed by atoms with Crippen LogP contribution in [0, 0.1) is 3.57 Å². The van der Waals surface area contributed by atoms with Crippen LogP contribution >= 0.6 is 22.6 Å². The van der Waals surface area contributed by atoms with Gasteiger partial charge in [0.05, 0.1) is 20.5 Å². The summed E-state index contributed by atoms with van der Waals surface area (Å²) in [6.45, 7) is 8.59. The number of rotatable bonds is 3. The highest BCUT2D eigenvalue weighted by molar-refractivity contribution is 14.1. The molecule has 0 fully saturated rings. The fourth-order valence-electron chi connectivity index (χ4n) is 2.22. The zero-order valence-electron chi connectivity index (χ0n) is 13.5. The molecule has 0 unspecified atom stereocenters. The number of anilines is 1. The summed E-state index contributed by atoms with van der Waals surface area (Å²) in [4.78, 5) is 9.42. The molecule has 0 aliphatic rings. The van der Waals surface area contributed by atoms with Gasteiger partial charge in [0.25, 0.3) is 0 Å². The van der Waals surface area contributed by atoms with Crippen molar-refractivity contribution in [2.24, 2.45) is 7.05 Å². The third-order valence-corrected chi connectivity index (χ3v) is 4.41. The van der Waals surface area contributed by atoms with Crippen LogP contribution in [0.1, 0.15) is 39.1 Å². The Morgan fingerprint density at radius 2 is 1.95 bits per heavy atom. The Kier molecular flexibility index (Phi) is 4.55. The van der Waals surface area contributed by atoms with E-state index in [9.17, 15) is 0 Å². The van der Waals surface area contributed by atoms with Crippen LogP contribution in [-0.4, -0.2) is 26.8 Å². The normalized spacial score (nSPS) is 11.8. The molecule has 0 saturated heterocycles. The minimum absolute atomic E-state index is 0.0465. The molecule has 2 rings (SSSR count). The monoisotopic (exact) mass is 399 g/mol. The smallest absolute Gasteiger partial charge is 0.165 e. The van der Waals surface area contributed by atoms with Crippen molar-refractivity contribution >= 4 is 28.4 Å². The molecule has 0 atom stereocenters. The lowest BCUT2D eigenvalue weighted by molar-refractivity contribution is 0.554. The van der Waals surface area contributed by atoms with E-state index in [2.05, 4.69) is 65.7 Å². The maximum atomic E-state index is 4.75. The van der Waals surface area contributed by atoms with E-state index in [-0.39, 0.29) is 5.41 Å². The van der Waals surface area contributed by atoms with Crippen molar-refractivity contribution in [1.29, 1.82) is 0 Å². The molecule has 2 aromatic rings. The van der Waals surface area contributed by atoms with Gasteiger partial charge in [0, 0.05) is 25.7 Å². The molecule has 0 saturated carbocycles. The molecule has 114 valence electrons. The number of halogens is 1. The second kappa shape index (κ2) is 5.90. The van der Waals surface area contributed by atoms with Gasteiger partial charge in [-0.1, -0.05) is 27.7 Å². The zero-order chi connectivity index (χ0) is 15.8. The van der Waals surface area contributed by atoms with Gasteiger partial charge in [0.1, 0.15) is 5.82 Å². The lowest BCUT2D eigenvalue weighted by Gasteiger charge is -2.17. The van der Waals surface area contributed by atoms with Crippen LogP contribution in [0.3, 0.4) is 0 Å². The van der Waals surface area contributed by atoms with E-state index >= 15 is 0 Å². The van der Waals surface area contributed by atoms with Crippen LogP contribution in [0.25, 0.3) is 11.4 Å². The van der Waals surface area contributed by atoms with E-state index in [1.165, 1.54) is 0 Å². The second-order valence-electron chi connectivity index (χ2n) is 6.08. The fourth-order valence-corrected chi connectivity index (χ4v) is 3.11. The van der Waals surface area contributed by atoms with E-state index in [4.69, 9.17) is 4.98 Å². The molecule has 1 N–H and O–H groups in total. The van der Waals surface area contributed by atoms with E-state index in [1.54, 1.807) is 0 Å². The topological polar surface area (TPSA) is 55.6 Å². The average molecular weight is 399 g/mol. The van der Waals surface area contributed by atoms with E-state index < -0.39 is 0 Å². The highest BCUT2D eigenvalue weighted by Crippen LogP contribution is 2.31. The molecule has 0 radical (unpaired) electrons. The summed E-state index contributed by atoms with van der Waals surface area (Å²) in [5.41, 5.74) is 3.05. The van der Waals surface area contributed by atoms with Crippen LogP contribution < -0.4 is 5.32 Å². The zero-order valence-corrected chi connectivity index (χ0v) is 15.6. The van der Waals surface area contributed by atoms with E-state index in [0.29, 0.717) is 0 Å². The van der Waals surface area contributed by atoms with Crippen LogP contribution in [-0.2, 0) is 18.9 Å². The van der Waals surface area contributed by atoms with Crippen molar-refractivity contribution in [3.63, 3.8) is 0 Å². The molecular formula is C15H22IN5. The largest absolute Gasteiger partial charge is 0.372 e. The second-order valence-corrected chi connectivity index (χ2v) is 7.15. The minimum atomic E-state index is -0.0465. The number of nitrogens with zero attached hydrogens (tertiary/aromatic N) is 4. The number of hydrogen-bond acceptors (Lipinski definition) is 4. The highest BCUT2D eigenvalue weighted by atomic mass is 127. The Balaban J connectivity index is 2.68. The first kappa shape index (κ1) is 16.2. The maximum absolute atomic E-state index is 4.75. The summed E-state index contributed by atoms with van der Waals surface area (Å²) in [5.74, 6) is 1.62. The minimum Gasteiger partial charge on any atom is -0.372 e. The number of nitrogens with one attached hydrogen (secondary N) is 1. The molecule has 6 heteroatoms. The summed E-state index contributed by atoms with van der Waals surface area (Å²) in [6, 6.07) is 0. The van der Waals surface area contributed by atoms with Crippen molar-refractivity contribution in [2.45, 2.75) is 39.5 Å². The van der Waals surface area contributed by atoms with Gasteiger partial charge < -0.3 is 5.32 Å². The Morgan fingerprint density at radius 1 is 1.29 bits per heavy atom. The van der Waals surface area contributed by atoms with Crippen molar-refractivity contribution < 1.29 is 0 Å². The summed E-state index contributed by atoms with van der Waals surface area (Å²) in [6.07, 6.45) is 2.88. The van der Waals surface area contributed by atoms with Crippen LogP contribution in [0.5, 0.6) is 0 Å². The molecule has 2 heterocycles. The summed E-state index contributed by atoms with van der Waals surface area (Å²) in [5, 5.41) is 7.77. The molecule has 2 aromatic heterocycles. The van der Waals surface area contributed by atoms with Crippen LogP contribution in [0.4, 0.5) is 5.82 Å². The van der Waals surface area contributed by atoms with Gasteiger partial charge in [-0.25, -0.2) is 9.97 Å². The van der Waals surface area contributed by atoms with Gasteiger partial charge in [-0.05, 0) is 29.0 Å². The van der Waals surface area contributed by atoms with Crippen molar-refractivity contribution in [2.75, 3.05) is 12.4 Å². The number of aromatic nitrogens is 4. The van der Waals surface area contributed by atoms with E-state index in [0.717, 1.165) is 38.6 Å². The first-order valence-corrected chi connectivity index (χ1v) is 8.14. The Labute approximate surface area is 139 Å². The number of aryl methyl sites for hydroxylation is 2. The summed E-state index contributed by atoms with van der Waals surface area (Å²) >= 11 is 2.30. The molecule has 0 aliphatic heterocycles. The Morgan fingerprint density at radius 3 is 2.48 bits per heavy atom. The fraction of sp³-hybridized carbons (Fsp3) is 0.533. The van der Waals surface area contributed by atoms with Crippen molar-refractivity contribution in [3.8, 4) is 11.4 Å². The van der Waals surface area contributed by atoms with Crippen molar-refractivity contribution in [3.05, 3.63) is 21.2 Å². The molecule has 21 heavy (non-hydrogen) atoms. The standard InChI is InChI=1S/C15H22IN5/c1-7-10-11(16)14(17-5)19-13(18-10)9-8-21(6)20-12(9)15(2,3)4/h8H,7H2,1-6H3,(H,17,18,19). The molecule has 0 aliphatic carbocycles. The third kappa shape index (κ3) is 3.20. The SMILES string of the molecule is CCc1nc(-c2cn(C)nc2C(C)(C)C)nc(NC)c1I. The van der Waals surface area contributed by atoms with Crippen molar-refractivity contribution in [1.82, 2.24) is 19.7 Å². The van der Waals surface area contributed by atoms with Gasteiger partial charge >= 0.3 is 0 Å². The summed E-state index contributed by atoms with van der Waals surface area (Å²) in [7, 11) is 3.83. The first-order valence-electron chi connectivity index (χ1n) is 7.06. The first-order chi connectivity index (χ1) is 9.77. The lowest BCUT2D eigenvalue weighted by Crippen LogP contribution is -2.14. The highest BCUT2D eigenvalue weighted by Gasteiger charge is 2.25. The predicted octanol–water partition coefficient (Wildman–Crippen LogP) is 3.38. The number of hydrogen-bond donors (Lipinski definition) is 1. The predicted molar refractivity (Wildman–Crippen MR) is 94.6 cm³/mol. The van der Waals surface area contributed by atoms with Gasteiger partial charge in [-0.2, -0.15) is 5.10 Å². The molecule has 0 aromatic carbocycles. The van der Waals surface area contributed by atoms with E-state index in [1.807, 2.05) is 25.0 Å². The molecule has 0 spiro atoms. The molecular weight excluding hydrogens is 377 g/mol. The lowest BCUT2D eigenvalue weighted by atomic mass is 9.89. The molecule has 0 amide bonds. The average Bonchev–Trinajstić information content (AvgIpc) is 2.81. The Bertz CT molecular complexity index is 630.